The number of nitrogens with one attached hydrogen (secondary N) is 1. The molecule has 13 aromatic rings. The monoisotopic (exact) mass is 828 g/mol. The van der Waals surface area contributed by atoms with E-state index in [1.165, 1.54) is 98.3 Å². The van der Waals surface area contributed by atoms with E-state index in [2.05, 4.69) is 250 Å². The number of rotatable bonds is 5. The van der Waals surface area contributed by atoms with Crippen LogP contribution in [0.25, 0.3) is 98.4 Å². The lowest BCUT2D eigenvalue weighted by Gasteiger charge is -2.28. The highest BCUT2D eigenvalue weighted by molar-refractivity contribution is 6.25. The average Bonchev–Trinajstić information content (AvgIpc) is 4.04. The number of para-hydroxylation sites is 3. The highest BCUT2D eigenvalue weighted by Gasteiger charge is 2.33. The molecule has 0 radical (unpaired) electrons. The van der Waals surface area contributed by atoms with Crippen LogP contribution in [-0.2, 0) is 0 Å². The zero-order valence-corrected chi connectivity index (χ0v) is 35.4. The van der Waals surface area contributed by atoms with Crippen LogP contribution in [0.15, 0.2) is 231 Å². The molecule has 0 aliphatic carbocycles. The first-order chi connectivity index (χ1) is 32.2. The maximum absolute atomic E-state index is 3.92. The van der Waals surface area contributed by atoms with Crippen LogP contribution in [0.4, 0.5) is 17.1 Å². The summed E-state index contributed by atoms with van der Waals surface area (Å²) in [5.74, 6) is 0. The van der Waals surface area contributed by atoms with Gasteiger partial charge in [-0.25, -0.2) is 0 Å². The Hall–Kier alpha value is -8.60. The van der Waals surface area contributed by atoms with Crippen LogP contribution in [0.2, 0.25) is 0 Å². The summed E-state index contributed by atoms with van der Waals surface area (Å²) in [6.07, 6.45) is -0.0462. The molecule has 2 aromatic heterocycles. The summed E-state index contributed by atoms with van der Waals surface area (Å²) in [5.41, 5.74) is 14.1. The van der Waals surface area contributed by atoms with Crippen LogP contribution in [0.3, 0.4) is 0 Å². The molecule has 11 aromatic carbocycles. The number of benzene rings is 11. The highest BCUT2D eigenvalue weighted by Crippen LogP contribution is 2.51. The van der Waals surface area contributed by atoms with Gasteiger partial charge in [0, 0.05) is 44.0 Å². The molecule has 1 aliphatic heterocycles. The smallest absolute Gasteiger partial charge is 0.130 e. The van der Waals surface area contributed by atoms with Crippen LogP contribution in [0, 0.1) is 0 Å². The van der Waals surface area contributed by atoms with E-state index in [0.717, 1.165) is 22.7 Å². The van der Waals surface area contributed by atoms with Crippen LogP contribution in [-0.4, -0.2) is 9.13 Å². The van der Waals surface area contributed by atoms with Crippen LogP contribution in [0.5, 0.6) is 0 Å². The van der Waals surface area contributed by atoms with Crippen molar-refractivity contribution in [1.82, 2.24) is 9.13 Å². The number of nitrogens with zero attached hydrogens (tertiary/aromatic N) is 3. The van der Waals surface area contributed by atoms with Gasteiger partial charge in [0.1, 0.15) is 6.17 Å². The normalized spacial score (nSPS) is 13.8. The average molecular weight is 829 g/mol. The topological polar surface area (TPSA) is 25.1 Å². The summed E-state index contributed by atoms with van der Waals surface area (Å²) in [7, 11) is 0. The third kappa shape index (κ3) is 5.38. The van der Waals surface area contributed by atoms with Gasteiger partial charge in [-0.1, -0.05) is 158 Å². The molecule has 4 nitrogen and oxygen atoms in total. The van der Waals surface area contributed by atoms with E-state index < -0.39 is 0 Å². The Bertz CT molecular complexity index is 4030. The van der Waals surface area contributed by atoms with Gasteiger partial charge in [-0.05, 0) is 116 Å². The fraction of sp³-hybridized carbons (Fsp3) is 0.0164. The Morgan fingerprint density at radius 2 is 0.938 bits per heavy atom. The number of anilines is 3. The van der Waals surface area contributed by atoms with Gasteiger partial charge in [0.2, 0.25) is 0 Å². The molecule has 4 heteroatoms. The minimum Gasteiger partial charge on any atom is -0.359 e. The van der Waals surface area contributed by atoms with Crippen molar-refractivity contribution in [3.63, 3.8) is 0 Å². The van der Waals surface area contributed by atoms with E-state index in [1.54, 1.807) is 0 Å². The van der Waals surface area contributed by atoms with E-state index in [4.69, 9.17) is 0 Å². The van der Waals surface area contributed by atoms with Crippen molar-refractivity contribution in [2.75, 3.05) is 10.2 Å². The van der Waals surface area contributed by atoms with Gasteiger partial charge in [0.25, 0.3) is 0 Å². The molecule has 0 saturated carbocycles. The first-order valence-corrected chi connectivity index (χ1v) is 22.5. The Morgan fingerprint density at radius 1 is 0.323 bits per heavy atom. The zero-order valence-electron chi connectivity index (χ0n) is 35.4. The molecule has 0 spiro atoms. The maximum atomic E-state index is 3.92. The van der Waals surface area contributed by atoms with Crippen molar-refractivity contribution in [3.8, 4) is 22.5 Å². The van der Waals surface area contributed by atoms with Crippen LogP contribution < -0.4 is 10.2 Å². The fourth-order valence-electron chi connectivity index (χ4n) is 11.0. The molecule has 0 fully saturated rings. The number of hydrogen-bond donors (Lipinski definition) is 1. The second-order valence-corrected chi connectivity index (χ2v) is 17.4. The third-order valence-corrected chi connectivity index (χ3v) is 13.8. The molecule has 304 valence electrons. The predicted octanol–water partition coefficient (Wildman–Crippen LogP) is 16.3. The molecule has 65 heavy (non-hydrogen) atoms. The summed E-state index contributed by atoms with van der Waals surface area (Å²) >= 11 is 0. The molecule has 0 saturated heterocycles. The Labute approximate surface area is 375 Å². The fourth-order valence-corrected chi connectivity index (χ4v) is 11.0. The molecule has 0 amide bonds. The second kappa shape index (κ2) is 14.0. The largest absolute Gasteiger partial charge is 0.359 e. The van der Waals surface area contributed by atoms with E-state index in [-0.39, 0.29) is 6.17 Å². The predicted molar refractivity (Wildman–Crippen MR) is 274 cm³/mol. The first kappa shape index (κ1) is 35.9. The Morgan fingerprint density at radius 3 is 1.78 bits per heavy atom. The SMILES string of the molecule is c1ccc(C2Nc3ccc4ccc5ccc(-c6cccc(-n7c8ccccc8c8cc9c%10c%11ccccc%11ccc%10n(-c%10ccccc%10)c9cc87)c6)cc5c4c3N2c2ccccc2)cc1. The van der Waals surface area contributed by atoms with Gasteiger partial charge in [0.05, 0.1) is 33.4 Å². The van der Waals surface area contributed by atoms with Gasteiger partial charge < -0.3 is 19.4 Å². The molecule has 3 heterocycles. The van der Waals surface area contributed by atoms with Crippen molar-refractivity contribution in [2.24, 2.45) is 0 Å². The number of aromatic nitrogens is 2. The summed E-state index contributed by atoms with van der Waals surface area (Å²) in [5, 5.41) is 16.4. The Balaban J connectivity index is 0.979. The standard InChI is InChI=1S/C61H40N4/c1-4-16-42(17-5-1)61-62-53-33-31-41-29-27-40-28-30-44(36-50(40)58(41)60(53)65(61)46-21-8-3-9-22-46)43-18-14-23-47(35-43)64-54-26-13-12-25-49(54)51-37-52-57(38-56(51)64)63(45-19-6-2-7-20-45)55-34-32-39-15-10-11-24-48(39)59(52)55/h1-38,61-62H. The summed E-state index contributed by atoms with van der Waals surface area (Å²) < 4.78 is 4.91. The molecule has 1 N–H and O–H groups in total. The lowest BCUT2D eigenvalue weighted by atomic mass is 9.95. The van der Waals surface area contributed by atoms with Crippen molar-refractivity contribution < 1.29 is 0 Å². The molecular formula is C61H40N4. The molecule has 1 atom stereocenters. The van der Waals surface area contributed by atoms with Gasteiger partial charge in [-0.3, -0.25) is 0 Å². The summed E-state index contributed by atoms with van der Waals surface area (Å²) in [6, 6.07) is 84.6. The summed E-state index contributed by atoms with van der Waals surface area (Å²) in [6.45, 7) is 0. The third-order valence-electron chi connectivity index (χ3n) is 13.8. The van der Waals surface area contributed by atoms with Gasteiger partial charge >= 0.3 is 0 Å². The minimum atomic E-state index is -0.0462. The quantitative estimate of drug-likeness (QED) is 0.175. The van der Waals surface area contributed by atoms with Gasteiger partial charge in [-0.15, -0.1) is 0 Å². The second-order valence-electron chi connectivity index (χ2n) is 17.4. The molecule has 14 rings (SSSR count). The molecule has 1 aliphatic rings. The number of fused-ring (bicyclic) bond motifs is 13. The minimum absolute atomic E-state index is 0.0462. The van der Waals surface area contributed by atoms with E-state index in [1.807, 2.05) is 0 Å². The lowest BCUT2D eigenvalue weighted by molar-refractivity contribution is 0.830. The first-order valence-electron chi connectivity index (χ1n) is 22.5. The molecule has 0 bridgehead atoms. The Kier molecular flexibility index (Phi) is 7.71. The number of hydrogen-bond acceptors (Lipinski definition) is 2. The van der Waals surface area contributed by atoms with Crippen molar-refractivity contribution >= 4 is 93.0 Å². The summed E-state index contributed by atoms with van der Waals surface area (Å²) in [4.78, 5) is 2.48. The lowest BCUT2D eigenvalue weighted by Crippen LogP contribution is -2.23. The van der Waals surface area contributed by atoms with Gasteiger partial charge in [-0.2, -0.15) is 0 Å². The molecule has 1 unspecified atom stereocenters. The van der Waals surface area contributed by atoms with Crippen molar-refractivity contribution in [1.29, 1.82) is 0 Å². The zero-order chi connectivity index (χ0) is 42.6. The van der Waals surface area contributed by atoms with Crippen LogP contribution >= 0.6 is 0 Å². The van der Waals surface area contributed by atoms with Crippen molar-refractivity contribution in [3.05, 3.63) is 236 Å². The highest BCUT2D eigenvalue weighted by atomic mass is 15.3. The van der Waals surface area contributed by atoms with Gasteiger partial charge in [0.15, 0.2) is 0 Å². The van der Waals surface area contributed by atoms with Crippen molar-refractivity contribution in [2.45, 2.75) is 6.17 Å². The van der Waals surface area contributed by atoms with E-state index in [0.29, 0.717) is 0 Å². The molecular weight excluding hydrogens is 789 g/mol. The van der Waals surface area contributed by atoms with E-state index >= 15 is 0 Å². The maximum Gasteiger partial charge on any atom is 0.130 e. The van der Waals surface area contributed by atoms with E-state index in [9.17, 15) is 0 Å². The van der Waals surface area contributed by atoms with Crippen LogP contribution in [0.1, 0.15) is 11.7 Å².